The molecule has 1 aromatic carbocycles. The average molecular weight is 319 g/mol. The number of likely N-dealkylation sites (N-methyl/N-ethyl adjacent to an activating group) is 1. The molecule has 0 fully saturated rings. The summed E-state index contributed by atoms with van der Waals surface area (Å²) < 4.78 is 13.1. The largest absolute Gasteiger partial charge is 0.356 e. The molecule has 1 atom stereocenters. The van der Waals surface area contributed by atoms with Crippen molar-refractivity contribution in [3.8, 4) is 0 Å². The van der Waals surface area contributed by atoms with Gasteiger partial charge in [-0.15, -0.1) is 0 Å². The van der Waals surface area contributed by atoms with Crippen LogP contribution in [0.3, 0.4) is 0 Å². The van der Waals surface area contributed by atoms with Gasteiger partial charge in [-0.1, -0.05) is 6.07 Å². The minimum Gasteiger partial charge on any atom is -0.356 e. The van der Waals surface area contributed by atoms with Crippen LogP contribution in [0.15, 0.2) is 48.8 Å². The summed E-state index contributed by atoms with van der Waals surface area (Å²) in [6, 6.07) is 10.4. The van der Waals surface area contributed by atoms with E-state index in [-0.39, 0.29) is 11.9 Å². The first-order valence-electron chi connectivity index (χ1n) is 7.06. The number of benzene rings is 1. The van der Waals surface area contributed by atoms with Gasteiger partial charge in [-0.05, 0) is 42.5 Å². The van der Waals surface area contributed by atoms with Gasteiger partial charge >= 0.3 is 0 Å². The molecular weight excluding hydrogens is 299 g/mol. The standard InChI is InChI=1S/C16H19FN4S/c1-21(2)15(12-5-4-8-18-10-12)11-19-16(22)20-14-7-3-6-13(17)9-14/h3-10,15H,11H2,1-2H3,(H2,19,20,22)/p+1. The monoisotopic (exact) mass is 319 g/mol. The average Bonchev–Trinajstić information content (AvgIpc) is 2.48. The van der Waals surface area contributed by atoms with E-state index in [2.05, 4.69) is 35.8 Å². The number of hydrogen-bond acceptors (Lipinski definition) is 2. The molecular formula is C16H20FN4S+. The molecule has 116 valence electrons. The first-order valence-corrected chi connectivity index (χ1v) is 7.47. The van der Waals surface area contributed by atoms with Gasteiger partial charge in [-0.3, -0.25) is 4.98 Å². The van der Waals surface area contributed by atoms with E-state index in [4.69, 9.17) is 12.2 Å². The second-order valence-corrected chi connectivity index (χ2v) is 5.67. The van der Waals surface area contributed by atoms with Gasteiger partial charge in [0, 0.05) is 23.6 Å². The zero-order valence-corrected chi connectivity index (χ0v) is 13.5. The molecule has 0 saturated carbocycles. The van der Waals surface area contributed by atoms with Crippen molar-refractivity contribution in [3.05, 3.63) is 60.2 Å². The lowest BCUT2D eigenvalue weighted by Crippen LogP contribution is -3.07. The fraction of sp³-hybridized carbons (Fsp3) is 0.250. The number of rotatable bonds is 5. The van der Waals surface area contributed by atoms with E-state index in [1.165, 1.54) is 17.0 Å². The summed E-state index contributed by atoms with van der Waals surface area (Å²) >= 11 is 5.26. The van der Waals surface area contributed by atoms with Crippen LogP contribution in [-0.2, 0) is 0 Å². The highest BCUT2D eigenvalue weighted by Crippen LogP contribution is 2.09. The first-order chi connectivity index (χ1) is 10.6. The van der Waals surface area contributed by atoms with Gasteiger partial charge in [0.25, 0.3) is 0 Å². The van der Waals surface area contributed by atoms with Gasteiger partial charge in [0.2, 0.25) is 0 Å². The molecule has 0 saturated heterocycles. The van der Waals surface area contributed by atoms with Crippen LogP contribution in [0.5, 0.6) is 0 Å². The molecule has 0 aliphatic carbocycles. The Kier molecular flexibility index (Phi) is 5.80. The quantitative estimate of drug-likeness (QED) is 0.729. The lowest BCUT2D eigenvalue weighted by atomic mass is 10.1. The third kappa shape index (κ3) is 4.75. The number of nitrogens with zero attached hydrogens (tertiary/aromatic N) is 1. The zero-order valence-electron chi connectivity index (χ0n) is 12.6. The Balaban J connectivity index is 1.94. The molecule has 0 radical (unpaired) electrons. The van der Waals surface area contributed by atoms with Crippen LogP contribution in [0.2, 0.25) is 0 Å². The van der Waals surface area contributed by atoms with Gasteiger partial charge in [0.1, 0.15) is 11.9 Å². The Bertz CT molecular complexity index is 619. The number of pyridine rings is 1. The number of thiocarbonyl (C=S) groups is 1. The SMILES string of the molecule is C[NH+](C)C(CNC(=S)Nc1cccc(F)c1)c1cccnc1. The van der Waals surface area contributed by atoms with Crippen LogP contribution < -0.4 is 15.5 Å². The second-order valence-electron chi connectivity index (χ2n) is 5.26. The highest BCUT2D eigenvalue weighted by molar-refractivity contribution is 7.80. The Morgan fingerprint density at radius 3 is 2.77 bits per heavy atom. The smallest absolute Gasteiger partial charge is 0.171 e. The molecule has 0 bridgehead atoms. The predicted molar refractivity (Wildman–Crippen MR) is 90.4 cm³/mol. The van der Waals surface area contributed by atoms with Gasteiger partial charge in [0.15, 0.2) is 5.11 Å². The highest BCUT2D eigenvalue weighted by atomic mass is 32.1. The molecule has 2 rings (SSSR count). The molecule has 1 unspecified atom stereocenters. The topological polar surface area (TPSA) is 41.4 Å². The molecule has 4 nitrogen and oxygen atoms in total. The van der Waals surface area contributed by atoms with E-state index in [0.717, 1.165) is 5.56 Å². The Labute approximate surface area is 135 Å². The number of anilines is 1. The fourth-order valence-corrected chi connectivity index (χ4v) is 2.37. The van der Waals surface area contributed by atoms with Crippen LogP contribution in [0, 0.1) is 5.82 Å². The Morgan fingerprint density at radius 2 is 2.14 bits per heavy atom. The minimum absolute atomic E-state index is 0.223. The minimum atomic E-state index is -0.293. The maximum atomic E-state index is 13.1. The van der Waals surface area contributed by atoms with Crippen molar-refractivity contribution in [2.24, 2.45) is 0 Å². The van der Waals surface area contributed by atoms with Crippen molar-refractivity contribution in [1.82, 2.24) is 10.3 Å². The van der Waals surface area contributed by atoms with Crippen LogP contribution in [0.25, 0.3) is 0 Å². The summed E-state index contributed by atoms with van der Waals surface area (Å²) in [4.78, 5) is 5.43. The zero-order chi connectivity index (χ0) is 15.9. The third-order valence-corrected chi connectivity index (χ3v) is 3.58. The molecule has 0 amide bonds. The van der Waals surface area contributed by atoms with Crippen LogP contribution in [0.4, 0.5) is 10.1 Å². The van der Waals surface area contributed by atoms with Crippen molar-refractivity contribution < 1.29 is 9.29 Å². The fourth-order valence-electron chi connectivity index (χ4n) is 2.17. The third-order valence-electron chi connectivity index (χ3n) is 3.33. The van der Waals surface area contributed by atoms with Gasteiger partial charge in [-0.2, -0.15) is 0 Å². The maximum absolute atomic E-state index is 13.1. The summed E-state index contributed by atoms with van der Waals surface area (Å²) in [7, 11) is 4.17. The molecule has 1 aromatic heterocycles. The Morgan fingerprint density at radius 1 is 1.32 bits per heavy atom. The molecule has 0 aliphatic rings. The predicted octanol–water partition coefficient (Wildman–Crippen LogP) is 1.39. The molecule has 2 aromatic rings. The molecule has 22 heavy (non-hydrogen) atoms. The van der Waals surface area contributed by atoms with Gasteiger partial charge in [0.05, 0.1) is 20.6 Å². The normalized spacial score (nSPS) is 12.0. The van der Waals surface area contributed by atoms with Crippen molar-refractivity contribution in [2.75, 3.05) is 26.0 Å². The van der Waals surface area contributed by atoms with E-state index in [9.17, 15) is 4.39 Å². The molecule has 6 heteroatoms. The number of aromatic nitrogens is 1. The number of nitrogens with one attached hydrogen (secondary N) is 3. The van der Waals surface area contributed by atoms with E-state index in [1.54, 1.807) is 18.3 Å². The number of quaternary nitrogens is 1. The van der Waals surface area contributed by atoms with E-state index in [1.807, 2.05) is 12.3 Å². The van der Waals surface area contributed by atoms with Crippen LogP contribution in [-0.4, -0.2) is 30.7 Å². The summed E-state index contributed by atoms with van der Waals surface area (Å²) in [6.07, 6.45) is 3.62. The van der Waals surface area contributed by atoms with Gasteiger partial charge in [-0.25, -0.2) is 4.39 Å². The maximum Gasteiger partial charge on any atom is 0.171 e. The van der Waals surface area contributed by atoms with Gasteiger partial charge < -0.3 is 15.5 Å². The molecule has 3 N–H and O–H groups in total. The van der Waals surface area contributed by atoms with E-state index in [0.29, 0.717) is 17.3 Å². The summed E-state index contributed by atoms with van der Waals surface area (Å²) in [5, 5.41) is 6.64. The number of halogens is 1. The second kappa shape index (κ2) is 7.82. The number of hydrogen-bond donors (Lipinski definition) is 3. The summed E-state index contributed by atoms with van der Waals surface area (Å²) in [5.41, 5.74) is 1.77. The molecule has 0 spiro atoms. The lowest BCUT2D eigenvalue weighted by Gasteiger charge is -2.22. The van der Waals surface area contributed by atoms with Crippen molar-refractivity contribution in [3.63, 3.8) is 0 Å². The Hall–Kier alpha value is -2.05. The van der Waals surface area contributed by atoms with Crippen LogP contribution in [0.1, 0.15) is 11.6 Å². The summed E-state index contributed by atoms with van der Waals surface area (Å²) in [5.74, 6) is -0.293. The van der Waals surface area contributed by atoms with Crippen molar-refractivity contribution in [1.29, 1.82) is 0 Å². The van der Waals surface area contributed by atoms with E-state index < -0.39 is 0 Å². The summed E-state index contributed by atoms with van der Waals surface area (Å²) in [6.45, 7) is 0.662. The highest BCUT2D eigenvalue weighted by Gasteiger charge is 2.18. The van der Waals surface area contributed by atoms with Crippen LogP contribution >= 0.6 is 12.2 Å². The lowest BCUT2D eigenvalue weighted by molar-refractivity contribution is -0.890. The van der Waals surface area contributed by atoms with Crippen molar-refractivity contribution in [2.45, 2.75) is 6.04 Å². The molecule has 0 aliphatic heterocycles. The van der Waals surface area contributed by atoms with Crippen molar-refractivity contribution >= 4 is 23.0 Å². The first kappa shape index (κ1) is 16.3. The molecule has 1 heterocycles. The van der Waals surface area contributed by atoms with E-state index >= 15 is 0 Å².